The lowest BCUT2D eigenvalue weighted by molar-refractivity contribution is 0.426. The number of phenolic OH excluding ortho intramolecular Hbond substituents is 2. The zero-order valence-corrected chi connectivity index (χ0v) is 12.6. The van der Waals surface area contributed by atoms with Gasteiger partial charge in [0.1, 0.15) is 11.5 Å². The molecule has 1 aliphatic heterocycles. The van der Waals surface area contributed by atoms with E-state index in [1.807, 2.05) is 19.9 Å². The number of benzene rings is 1. The maximum absolute atomic E-state index is 10.3. The molecule has 4 nitrogen and oxygen atoms in total. The molecule has 20 heavy (non-hydrogen) atoms. The van der Waals surface area contributed by atoms with Crippen LogP contribution in [0, 0.1) is 23.8 Å². The van der Waals surface area contributed by atoms with Crippen LogP contribution in [0.15, 0.2) is 25.8 Å². The minimum Gasteiger partial charge on any atom is -0.507 e. The maximum Gasteiger partial charge on any atom is 0.282 e. The third-order valence-corrected chi connectivity index (χ3v) is 5.30. The van der Waals surface area contributed by atoms with E-state index in [4.69, 9.17) is 11.8 Å². The molecule has 0 unspecified atom stereocenters. The molecule has 0 atom stereocenters. The van der Waals surface area contributed by atoms with Crippen LogP contribution < -0.4 is 0 Å². The molecule has 0 saturated heterocycles. The van der Waals surface area contributed by atoms with Crippen molar-refractivity contribution in [2.75, 3.05) is 0 Å². The van der Waals surface area contributed by atoms with Gasteiger partial charge in [0.25, 0.3) is 5.70 Å². The fraction of sp³-hybridized carbons (Fsp3) is 0.286. The maximum atomic E-state index is 10.3. The van der Waals surface area contributed by atoms with E-state index in [1.165, 1.54) is 11.8 Å². The molecule has 0 aliphatic carbocycles. The van der Waals surface area contributed by atoms with Gasteiger partial charge in [-0.2, -0.15) is 0 Å². The van der Waals surface area contributed by atoms with Crippen molar-refractivity contribution in [2.24, 2.45) is 5.92 Å². The summed E-state index contributed by atoms with van der Waals surface area (Å²) in [5.41, 5.74) is 0.673. The minimum atomic E-state index is -0.0135. The molecule has 1 aromatic rings. The second kappa shape index (κ2) is 5.70. The summed E-state index contributed by atoms with van der Waals surface area (Å²) >= 11 is 2.33. The quantitative estimate of drug-likeness (QED) is 0.489. The predicted octanol–water partition coefficient (Wildman–Crippen LogP) is 4.11. The van der Waals surface area contributed by atoms with E-state index in [2.05, 4.69) is 4.85 Å². The van der Waals surface area contributed by atoms with E-state index in [0.717, 1.165) is 11.8 Å². The van der Waals surface area contributed by atoms with Gasteiger partial charge in [-0.15, -0.1) is 0 Å². The van der Waals surface area contributed by atoms with Crippen molar-refractivity contribution in [1.82, 2.24) is 0 Å². The highest BCUT2D eigenvalue weighted by atomic mass is 32.2. The van der Waals surface area contributed by atoms with Gasteiger partial charge in [-0.25, -0.2) is 10.1 Å². The number of rotatable bonds is 2. The SMILES string of the molecule is [C-]#[N+]/C(C#N)=C1\Sc2c(O)cc(CC(C)C)c(O)c2S1. The number of hydrogen-bond donors (Lipinski definition) is 2. The molecule has 0 amide bonds. The zero-order valence-electron chi connectivity index (χ0n) is 11.0. The van der Waals surface area contributed by atoms with Gasteiger partial charge >= 0.3 is 0 Å². The van der Waals surface area contributed by atoms with E-state index < -0.39 is 0 Å². The summed E-state index contributed by atoms with van der Waals surface area (Å²) in [5, 5.41) is 29.3. The third-order valence-electron chi connectivity index (χ3n) is 2.70. The van der Waals surface area contributed by atoms with Crippen LogP contribution in [0.3, 0.4) is 0 Å². The zero-order chi connectivity index (χ0) is 14.9. The number of thioether (sulfide) groups is 2. The highest BCUT2D eigenvalue weighted by Gasteiger charge is 2.28. The molecular formula is C14H12N2O2S2. The number of nitriles is 1. The van der Waals surface area contributed by atoms with Crippen LogP contribution in [0.4, 0.5) is 0 Å². The Kier molecular flexibility index (Phi) is 4.17. The molecule has 2 rings (SSSR count). The van der Waals surface area contributed by atoms with E-state index in [-0.39, 0.29) is 17.2 Å². The van der Waals surface area contributed by atoms with Gasteiger partial charge < -0.3 is 10.2 Å². The van der Waals surface area contributed by atoms with Gasteiger partial charge in [0.2, 0.25) is 0 Å². The lowest BCUT2D eigenvalue weighted by atomic mass is 10.0. The van der Waals surface area contributed by atoms with Crippen molar-refractivity contribution >= 4 is 23.5 Å². The standard InChI is InChI=1S/C14H12N2O2S2/c1-7(2)4-8-5-10(17)12-13(11(8)18)20-14(19-12)9(6-15)16-3/h5,7,17-18H,4H2,1-2H3/b14-9+. The lowest BCUT2D eigenvalue weighted by Crippen LogP contribution is -1.95. The van der Waals surface area contributed by atoms with Crippen molar-refractivity contribution < 1.29 is 10.2 Å². The summed E-state index contributed by atoms with van der Waals surface area (Å²) in [6.07, 6.45) is 0.658. The Morgan fingerprint density at radius 1 is 1.40 bits per heavy atom. The van der Waals surface area contributed by atoms with E-state index in [0.29, 0.717) is 31.9 Å². The number of allylic oxidation sites excluding steroid dienone is 1. The second-order valence-corrected chi connectivity index (χ2v) is 7.02. The molecule has 0 spiro atoms. The Morgan fingerprint density at radius 3 is 2.60 bits per heavy atom. The first kappa shape index (κ1) is 14.6. The van der Waals surface area contributed by atoms with Crippen molar-refractivity contribution in [3.8, 4) is 17.6 Å². The predicted molar refractivity (Wildman–Crippen MR) is 79.3 cm³/mol. The highest BCUT2D eigenvalue weighted by Crippen LogP contribution is 2.59. The van der Waals surface area contributed by atoms with Gasteiger partial charge in [-0.05, 0) is 24.0 Å². The average molecular weight is 304 g/mol. The van der Waals surface area contributed by atoms with Crippen LogP contribution >= 0.6 is 23.5 Å². The summed E-state index contributed by atoms with van der Waals surface area (Å²) in [7, 11) is 0. The van der Waals surface area contributed by atoms with Gasteiger partial charge in [-0.3, -0.25) is 0 Å². The van der Waals surface area contributed by atoms with Gasteiger partial charge in [-0.1, -0.05) is 37.4 Å². The Balaban J connectivity index is 2.51. The van der Waals surface area contributed by atoms with E-state index in [1.54, 1.807) is 6.07 Å². The molecule has 0 radical (unpaired) electrons. The number of aromatic hydroxyl groups is 2. The van der Waals surface area contributed by atoms with Crippen LogP contribution in [0.2, 0.25) is 0 Å². The number of nitrogens with zero attached hydrogens (tertiary/aromatic N) is 2. The summed E-state index contributed by atoms with van der Waals surface area (Å²) in [6.45, 7) is 11.0. The van der Waals surface area contributed by atoms with Crippen LogP contribution in [-0.4, -0.2) is 10.2 Å². The molecule has 2 N–H and O–H groups in total. The first-order valence-electron chi connectivity index (χ1n) is 5.93. The number of phenols is 2. The van der Waals surface area contributed by atoms with Crippen molar-refractivity contribution in [3.05, 3.63) is 33.0 Å². The summed E-state index contributed by atoms with van der Waals surface area (Å²) < 4.78 is 0.504. The molecule has 0 fully saturated rings. The van der Waals surface area contributed by atoms with Crippen LogP contribution in [-0.2, 0) is 6.42 Å². The molecule has 0 aromatic heterocycles. The van der Waals surface area contributed by atoms with Crippen LogP contribution in [0.5, 0.6) is 11.5 Å². The monoisotopic (exact) mass is 304 g/mol. The van der Waals surface area contributed by atoms with Crippen molar-refractivity contribution in [2.45, 2.75) is 30.1 Å². The lowest BCUT2D eigenvalue weighted by Gasteiger charge is -2.11. The Labute approximate surface area is 125 Å². The summed E-state index contributed by atoms with van der Waals surface area (Å²) in [5.74, 6) is 0.579. The number of fused-ring (bicyclic) bond motifs is 1. The molecule has 6 heteroatoms. The molecule has 1 aliphatic rings. The normalized spacial score (nSPS) is 15.7. The fourth-order valence-corrected chi connectivity index (χ4v) is 4.32. The Hall–Kier alpha value is -1.76. The Morgan fingerprint density at radius 2 is 2.05 bits per heavy atom. The van der Waals surface area contributed by atoms with Crippen LogP contribution in [0.1, 0.15) is 19.4 Å². The van der Waals surface area contributed by atoms with E-state index >= 15 is 0 Å². The third kappa shape index (κ3) is 2.58. The summed E-state index contributed by atoms with van der Waals surface area (Å²) in [4.78, 5) is 4.22. The second-order valence-electron chi connectivity index (χ2n) is 4.72. The van der Waals surface area contributed by atoms with Gasteiger partial charge in [0.15, 0.2) is 0 Å². The largest absolute Gasteiger partial charge is 0.507 e. The first-order valence-corrected chi connectivity index (χ1v) is 7.56. The molecular weight excluding hydrogens is 292 g/mol. The Bertz CT molecular complexity index is 666. The smallest absolute Gasteiger partial charge is 0.282 e. The molecule has 1 heterocycles. The van der Waals surface area contributed by atoms with Gasteiger partial charge in [0, 0.05) is 0 Å². The minimum absolute atomic E-state index is 0.0135. The molecule has 102 valence electrons. The number of hydrogen-bond acceptors (Lipinski definition) is 5. The molecule has 1 aromatic carbocycles. The summed E-state index contributed by atoms with van der Waals surface area (Å²) in [6, 6.07) is 3.40. The fourth-order valence-electron chi connectivity index (χ4n) is 1.88. The topological polar surface area (TPSA) is 68.6 Å². The molecule has 0 saturated carbocycles. The average Bonchev–Trinajstić information content (AvgIpc) is 2.82. The first-order chi connectivity index (χ1) is 9.47. The van der Waals surface area contributed by atoms with Gasteiger partial charge in [0.05, 0.1) is 26.7 Å². The van der Waals surface area contributed by atoms with Crippen molar-refractivity contribution in [1.29, 1.82) is 5.26 Å². The highest BCUT2D eigenvalue weighted by molar-refractivity contribution is 8.24. The van der Waals surface area contributed by atoms with Crippen molar-refractivity contribution in [3.63, 3.8) is 0 Å². The molecule has 0 bridgehead atoms. The van der Waals surface area contributed by atoms with E-state index in [9.17, 15) is 10.2 Å². The van der Waals surface area contributed by atoms with Crippen LogP contribution in [0.25, 0.3) is 4.85 Å².